The van der Waals surface area contributed by atoms with E-state index in [0.717, 1.165) is 22.4 Å². The second kappa shape index (κ2) is 6.21. The molecule has 0 spiro atoms. The smallest absolute Gasteiger partial charge is 0.242 e. The number of hydrogen-bond donors (Lipinski definition) is 1. The van der Waals surface area contributed by atoms with Gasteiger partial charge in [0.2, 0.25) is 5.91 Å². The molecule has 2 heterocycles. The highest BCUT2D eigenvalue weighted by atomic mass is 79.9. The molecule has 108 valence electrons. The molecule has 0 fully saturated rings. The molecule has 0 aliphatic rings. The predicted octanol–water partition coefficient (Wildman–Crippen LogP) is 2.05. The first-order valence-electron chi connectivity index (χ1n) is 6.52. The number of carbonyl (C=O) groups excluding carboxylic acids is 1. The number of nitrogens with zero attached hydrogens (tertiary/aromatic N) is 4. The van der Waals surface area contributed by atoms with E-state index in [1.807, 2.05) is 37.7 Å². The zero-order valence-corrected chi connectivity index (χ0v) is 13.4. The number of nitrogens with one attached hydrogen (secondary N) is 1. The van der Waals surface area contributed by atoms with Crippen LogP contribution in [0, 0.1) is 6.92 Å². The van der Waals surface area contributed by atoms with Crippen LogP contribution in [-0.4, -0.2) is 25.5 Å². The molecule has 6 nitrogen and oxygen atoms in total. The molecular weight excluding hydrogens is 322 g/mol. The van der Waals surface area contributed by atoms with Crippen LogP contribution < -0.4 is 5.32 Å². The van der Waals surface area contributed by atoms with Crippen LogP contribution >= 0.6 is 15.9 Å². The third-order valence-electron chi connectivity index (χ3n) is 3.00. The van der Waals surface area contributed by atoms with Crippen molar-refractivity contribution < 1.29 is 4.79 Å². The SMILES string of the molecule is CCn1ccc(C(C)NC(=O)Cn2cc(Br)c(C)n2)n1. The Kier molecular flexibility index (Phi) is 4.59. The van der Waals surface area contributed by atoms with Crippen molar-refractivity contribution in [2.24, 2.45) is 0 Å². The fraction of sp³-hybridized carbons (Fsp3) is 0.462. The molecule has 1 atom stereocenters. The number of aromatic nitrogens is 4. The summed E-state index contributed by atoms with van der Waals surface area (Å²) >= 11 is 3.38. The van der Waals surface area contributed by atoms with Crippen molar-refractivity contribution in [1.82, 2.24) is 24.9 Å². The van der Waals surface area contributed by atoms with Crippen LogP contribution in [0.15, 0.2) is 22.9 Å². The van der Waals surface area contributed by atoms with Gasteiger partial charge in [0.05, 0.1) is 21.9 Å². The van der Waals surface area contributed by atoms with Crippen molar-refractivity contribution in [2.45, 2.75) is 39.9 Å². The fourth-order valence-corrected chi connectivity index (χ4v) is 2.18. The summed E-state index contributed by atoms with van der Waals surface area (Å²) in [7, 11) is 0. The number of hydrogen-bond acceptors (Lipinski definition) is 3. The average molecular weight is 340 g/mol. The van der Waals surface area contributed by atoms with Crippen LogP contribution in [-0.2, 0) is 17.9 Å². The van der Waals surface area contributed by atoms with E-state index in [0.29, 0.717) is 0 Å². The topological polar surface area (TPSA) is 64.7 Å². The summed E-state index contributed by atoms with van der Waals surface area (Å²) in [5.74, 6) is -0.0847. The molecule has 20 heavy (non-hydrogen) atoms. The highest BCUT2D eigenvalue weighted by Crippen LogP contribution is 2.13. The standard InChI is InChI=1S/C13H18BrN5O/c1-4-18-6-5-12(17-18)10(3)15-13(20)8-19-7-11(14)9(2)16-19/h5-7,10H,4,8H2,1-3H3,(H,15,20). The molecule has 1 unspecified atom stereocenters. The first-order valence-corrected chi connectivity index (χ1v) is 7.31. The van der Waals surface area contributed by atoms with Crippen molar-refractivity contribution in [3.05, 3.63) is 34.3 Å². The second-order valence-corrected chi connectivity index (χ2v) is 5.50. The predicted molar refractivity (Wildman–Crippen MR) is 79.1 cm³/mol. The lowest BCUT2D eigenvalue weighted by Gasteiger charge is -2.11. The molecule has 2 aromatic heterocycles. The molecule has 0 bridgehead atoms. The van der Waals surface area contributed by atoms with E-state index in [2.05, 4.69) is 31.4 Å². The fourth-order valence-electron chi connectivity index (χ4n) is 1.87. The van der Waals surface area contributed by atoms with Crippen LogP contribution in [0.1, 0.15) is 31.3 Å². The highest BCUT2D eigenvalue weighted by Gasteiger charge is 2.13. The Balaban J connectivity index is 1.93. The van der Waals surface area contributed by atoms with Crippen LogP contribution in [0.4, 0.5) is 0 Å². The number of amides is 1. The monoisotopic (exact) mass is 339 g/mol. The van der Waals surface area contributed by atoms with E-state index in [4.69, 9.17) is 0 Å². The Morgan fingerprint density at radius 2 is 2.20 bits per heavy atom. The summed E-state index contributed by atoms with van der Waals surface area (Å²) in [4.78, 5) is 12.0. The van der Waals surface area contributed by atoms with Crippen LogP contribution in [0.5, 0.6) is 0 Å². The van der Waals surface area contributed by atoms with Crippen LogP contribution in [0.2, 0.25) is 0 Å². The minimum atomic E-state index is -0.115. The largest absolute Gasteiger partial charge is 0.346 e. The molecule has 0 aliphatic carbocycles. The first-order chi connectivity index (χ1) is 9.49. The van der Waals surface area contributed by atoms with Gasteiger partial charge in [-0.2, -0.15) is 10.2 Å². The number of carbonyl (C=O) groups is 1. The van der Waals surface area contributed by atoms with Gasteiger partial charge >= 0.3 is 0 Å². The Hall–Kier alpha value is -1.63. The maximum atomic E-state index is 12.0. The van der Waals surface area contributed by atoms with Crippen molar-refractivity contribution in [2.75, 3.05) is 0 Å². The van der Waals surface area contributed by atoms with Crippen LogP contribution in [0.25, 0.3) is 0 Å². The molecule has 1 amide bonds. The molecular formula is C13H18BrN5O. The van der Waals surface area contributed by atoms with Gasteiger partial charge in [-0.05, 0) is 42.8 Å². The molecule has 0 aliphatic heterocycles. The molecule has 1 N–H and O–H groups in total. The van der Waals surface area contributed by atoms with Gasteiger partial charge in [0.25, 0.3) is 0 Å². The second-order valence-electron chi connectivity index (χ2n) is 4.65. The summed E-state index contributed by atoms with van der Waals surface area (Å²) in [5, 5.41) is 11.5. The zero-order valence-electron chi connectivity index (χ0n) is 11.8. The Bertz CT molecular complexity index is 584. The minimum Gasteiger partial charge on any atom is -0.346 e. The summed E-state index contributed by atoms with van der Waals surface area (Å²) in [6.07, 6.45) is 3.71. The van der Waals surface area contributed by atoms with Gasteiger partial charge in [-0.25, -0.2) is 0 Å². The normalized spacial score (nSPS) is 12.4. The van der Waals surface area contributed by atoms with Crippen molar-refractivity contribution in [1.29, 1.82) is 0 Å². The maximum Gasteiger partial charge on any atom is 0.242 e. The third-order valence-corrected chi connectivity index (χ3v) is 3.78. The van der Waals surface area contributed by atoms with E-state index in [9.17, 15) is 4.79 Å². The number of aryl methyl sites for hydroxylation is 2. The lowest BCUT2D eigenvalue weighted by Crippen LogP contribution is -2.30. The highest BCUT2D eigenvalue weighted by molar-refractivity contribution is 9.10. The molecule has 0 radical (unpaired) electrons. The molecule has 2 aromatic rings. The number of halogens is 1. The van der Waals surface area contributed by atoms with Crippen LogP contribution in [0.3, 0.4) is 0 Å². The van der Waals surface area contributed by atoms with Gasteiger partial charge in [-0.15, -0.1) is 0 Å². The lowest BCUT2D eigenvalue weighted by molar-refractivity contribution is -0.122. The van der Waals surface area contributed by atoms with Gasteiger partial charge in [0, 0.05) is 18.9 Å². The maximum absolute atomic E-state index is 12.0. The van der Waals surface area contributed by atoms with Gasteiger partial charge in [0.1, 0.15) is 6.54 Å². The van der Waals surface area contributed by atoms with Crippen molar-refractivity contribution in [3.63, 3.8) is 0 Å². The number of rotatable bonds is 5. The van der Waals surface area contributed by atoms with E-state index in [1.165, 1.54) is 0 Å². The van der Waals surface area contributed by atoms with E-state index < -0.39 is 0 Å². The molecule has 0 saturated carbocycles. The summed E-state index contributed by atoms with van der Waals surface area (Å²) in [5.41, 5.74) is 1.73. The average Bonchev–Trinajstić information content (AvgIpc) is 2.97. The molecule has 2 rings (SSSR count). The first kappa shape index (κ1) is 14.8. The van der Waals surface area contributed by atoms with E-state index >= 15 is 0 Å². The quantitative estimate of drug-likeness (QED) is 0.906. The van der Waals surface area contributed by atoms with Crippen molar-refractivity contribution in [3.8, 4) is 0 Å². The van der Waals surface area contributed by atoms with E-state index in [1.54, 1.807) is 10.9 Å². The third kappa shape index (κ3) is 3.47. The lowest BCUT2D eigenvalue weighted by atomic mass is 10.2. The molecule has 7 heteroatoms. The molecule has 0 saturated heterocycles. The van der Waals surface area contributed by atoms with Crippen molar-refractivity contribution >= 4 is 21.8 Å². The summed E-state index contributed by atoms with van der Waals surface area (Å²) in [6, 6.07) is 1.80. The Morgan fingerprint density at radius 1 is 1.45 bits per heavy atom. The molecule has 0 aromatic carbocycles. The van der Waals surface area contributed by atoms with Gasteiger partial charge in [-0.3, -0.25) is 14.2 Å². The van der Waals surface area contributed by atoms with E-state index in [-0.39, 0.29) is 18.5 Å². The Labute approximate surface area is 126 Å². The van der Waals surface area contributed by atoms with Gasteiger partial charge in [-0.1, -0.05) is 0 Å². The minimum absolute atomic E-state index is 0.0847. The summed E-state index contributed by atoms with van der Waals surface area (Å²) in [6.45, 7) is 6.85. The van der Waals surface area contributed by atoms with Gasteiger partial charge < -0.3 is 5.32 Å². The zero-order chi connectivity index (χ0) is 14.7. The van der Waals surface area contributed by atoms with Gasteiger partial charge in [0.15, 0.2) is 0 Å². The summed E-state index contributed by atoms with van der Waals surface area (Å²) < 4.78 is 4.36. The Morgan fingerprint density at radius 3 is 2.75 bits per heavy atom.